The summed E-state index contributed by atoms with van der Waals surface area (Å²) < 4.78 is 0.606. The zero-order valence-electron chi connectivity index (χ0n) is 10.1. The fourth-order valence-electron chi connectivity index (χ4n) is 1.88. The first-order chi connectivity index (χ1) is 8.59. The van der Waals surface area contributed by atoms with E-state index < -0.39 is 0 Å². The highest BCUT2D eigenvalue weighted by Crippen LogP contribution is 2.30. The van der Waals surface area contributed by atoms with E-state index >= 15 is 0 Å². The molecular weight excluding hydrogens is 286 g/mol. The summed E-state index contributed by atoms with van der Waals surface area (Å²) in [6.07, 6.45) is 10.1. The number of thiocarbonyl (C=S) groups is 1. The van der Waals surface area contributed by atoms with Crippen molar-refractivity contribution in [2.45, 2.75) is 25.7 Å². The van der Waals surface area contributed by atoms with Gasteiger partial charge in [0.05, 0.1) is 4.91 Å². The van der Waals surface area contributed by atoms with Crippen LogP contribution in [-0.2, 0) is 4.79 Å². The van der Waals surface area contributed by atoms with Gasteiger partial charge in [-0.1, -0.05) is 47.7 Å². The standard InChI is InChI=1S/C13H14ClNOS2/c1-15-12(16)11(18-13(15)17)8-4-6-9-5-2-3-7-10(9)14/h4,6,8H,2-3,5,7H2,1H3/b6-4+,11-8+. The van der Waals surface area contributed by atoms with Gasteiger partial charge in [0.25, 0.3) is 5.91 Å². The molecule has 0 spiro atoms. The molecule has 1 aliphatic heterocycles. The number of thioether (sulfide) groups is 1. The van der Waals surface area contributed by atoms with Crippen LogP contribution in [0.5, 0.6) is 0 Å². The zero-order valence-corrected chi connectivity index (χ0v) is 12.5. The van der Waals surface area contributed by atoms with E-state index in [9.17, 15) is 4.79 Å². The van der Waals surface area contributed by atoms with Gasteiger partial charge in [-0.25, -0.2) is 0 Å². The molecule has 1 heterocycles. The van der Waals surface area contributed by atoms with E-state index in [1.54, 1.807) is 7.05 Å². The number of likely N-dealkylation sites (N-methyl/N-ethyl adjacent to an activating group) is 1. The number of halogens is 1. The Bertz CT molecular complexity index is 479. The lowest BCUT2D eigenvalue weighted by Crippen LogP contribution is -2.22. The highest BCUT2D eigenvalue weighted by atomic mass is 35.5. The molecule has 2 nitrogen and oxygen atoms in total. The molecule has 0 bridgehead atoms. The van der Waals surface area contributed by atoms with E-state index in [0.29, 0.717) is 9.23 Å². The van der Waals surface area contributed by atoms with Crippen LogP contribution in [0, 0.1) is 0 Å². The molecule has 18 heavy (non-hydrogen) atoms. The molecule has 0 aromatic carbocycles. The van der Waals surface area contributed by atoms with Gasteiger partial charge in [-0.05, 0) is 37.3 Å². The SMILES string of the molecule is CN1C(=O)/C(=C\C=C\C2=C(Cl)CCCC2)SC1=S. The number of hydrogen-bond acceptors (Lipinski definition) is 3. The maximum absolute atomic E-state index is 11.7. The highest BCUT2D eigenvalue weighted by molar-refractivity contribution is 8.26. The summed E-state index contributed by atoms with van der Waals surface area (Å²) in [5.41, 5.74) is 1.19. The van der Waals surface area contributed by atoms with Crippen molar-refractivity contribution < 1.29 is 4.79 Å². The van der Waals surface area contributed by atoms with Gasteiger partial charge >= 0.3 is 0 Å². The van der Waals surface area contributed by atoms with Crippen LogP contribution in [-0.4, -0.2) is 22.2 Å². The topological polar surface area (TPSA) is 20.3 Å². The van der Waals surface area contributed by atoms with Gasteiger partial charge in [-0.2, -0.15) is 0 Å². The van der Waals surface area contributed by atoms with E-state index in [1.807, 2.05) is 18.2 Å². The number of carbonyl (C=O) groups excluding carboxylic acids is 1. The van der Waals surface area contributed by atoms with Crippen molar-refractivity contribution in [3.05, 3.63) is 33.7 Å². The lowest BCUT2D eigenvalue weighted by molar-refractivity contribution is -0.121. The number of rotatable bonds is 2. The number of nitrogens with zero attached hydrogens (tertiary/aromatic N) is 1. The van der Waals surface area contributed by atoms with E-state index in [0.717, 1.165) is 17.9 Å². The molecule has 1 saturated heterocycles. The van der Waals surface area contributed by atoms with Gasteiger partial charge in [0.15, 0.2) is 0 Å². The molecule has 2 aliphatic rings. The Labute approximate surface area is 122 Å². The molecule has 0 aromatic rings. The Morgan fingerprint density at radius 1 is 1.39 bits per heavy atom. The van der Waals surface area contributed by atoms with E-state index in [-0.39, 0.29) is 5.91 Å². The fourth-order valence-corrected chi connectivity index (χ4v) is 3.30. The molecule has 0 saturated carbocycles. The highest BCUT2D eigenvalue weighted by Gasteiger charge is 2.27. The summed E-state index contributed by atoms with van der Waals surface area (Å²) >= 11 is 12.6. The molecule has 0 N–H and O–H groups in total. The molecule has 0 atom stereocenters. The van der Waals surface area contributed by atoms with Crippen LogP contribution in [0.4, 0.5) is 0 Å². The first-order valence-corrected chi connectivity index (χ1v) is 7.45. The molecule has 1 aliphatic carbocycles. The summed E-state index contributed by atoms with van der Waals surface area (Å²) in [5.74, 6) is -0.0293. The minimum atomic E-state index is -0.0293. The molecular formula is C13H14ClNOS2. The monoisotopic (exact) mass is 299 g/mol. The van der Waals surface area contributed by atoms with Gasteiger partial charge in [0.2, 0.25) is 0 Å². The number of allylic oxidation sites excluding steroid dienone is 5. The number of amides is 1. The van der Waals surface area contributed by atoms with Crippen LogP contribution < -0.4 is 0 Å². The van der Waals surface area contributed by atoms with Gasteiger partial charge in [0, 0.05) is 12.1 Å². The second-order valence-electron chi connectivity index (χ2n) is 4.26. The molecule has 96 valence electrons. The molecule has 0 radical (unpaired) electrons. The van der Waals surface area contributed by atoms with Crippen molar-refractivity contribution in [3.8, 4) is 0 Å². The van der Waals surface area contributed by atoms with Gasteiger partial charge < -0.3 is 0 Å². The van der Waals surface area contributed by atoms with Crippen molar-refractivity contribution in [3.63, 3.8) is 0 Å². The van der Waals surface area contributed by atoms with Gasteiger partial charge in [-0.15, -0.1) is 0 Å². The van der Waals surface area contributed by atoms with Gasteiger partial charge in [0.1, 0.15) is 4.32 Å². The van der Waals surface area contributed by atoms with E-state index in [1.165, 1.54) is 35.1 Å². The first kappa shape index (κ1) is 13.8. The second-order valence-corrected chi connectivity index (χ2v) is 6.39. The first-order valence-electron chi connectivity index (χ1n) is 5.85. The summed E-state index contributed by atoms with van der Waals surface area (Å²) in [5, 5.41) is 0.953. The zero-order chi connectivity index (χ0) is 13.1. The van der Waals surface area contributed by atoms with Crippen LogP contribution in [0.1, 0.15) is 25.7 Å². The molecule has 1 fully saturated rings. The Hall–Kier alpha value is -0.580. The summed E-state index contributed by atoms with van der Waals surface area (Å²) in [6.45, 7) is 0. The van der Waals surface area contributed by atoms with Crippen LogP contribution in [0.25, 0.3) is 0 Å². The minimum absolute atomic E-state index is 0.0293. The lowest BCUT2D eigenvalue weighted by atomic mass is 9.99. The Balaban J connectivity index is 2.07. The molecule has 1 amide bonds. The average molecular weight is 300 g/mol. The summed E-state index contributed by atoms with van der Waals surface area (Å²) in [7, 11) is 1.70. The van der Waals surface area contributed by atoms with Crippen molar-refractivity contribution in [2.24, 2.45) is 0 Å². The maximum atomic E-state index is 11.7. The third-order valence-electron chi connectivity index (χ3n) is 2.97. The van der Waals surface area contributed by atoms with Gasteiger partial charge in [-0.3, -0.25) is 9.69 Å². The molecule has 0 aromatic heterocycles. The molecule has 5 heteroatoms. The summed E-state index contributed by atoms with van der Waals surface area (Å²) in [4.78, 5) is 13.9. The quantitative estimate of drug-likeness (QED) is 0.568. The Morgan fingerprint density at radius 2 is 2.11 bits per heavy atom. The maximum Gasteiger partial charge on any atom is 0.265 e. The molecule has 0 unspecified atom stereocenters. The minimum Gasteiger partial charge on any atom is -0.296 e. The van der Waals surface area contributed by atoms with Crippen LogP contribution in [0.15, 0.2) is 33.7 Å². The van der Waals surface area contributed by atoms with E-state index in [2.05, 4.69) is 0 Å². The summed E-state index contributed by atoms with van der Waals surface area (Å²) in [6, 6.07) is 0. The van der Waals surface area contributed by atoms with Crippen LogP contribution >= 0.6 is 35.6 Å². The number of hydrogen-bond donors (Lipinski definition) is 0. The fraction of sp³-hybridized carbons (Fsp3) is 0.385. The molecule has 2 rings (SSSR count). The van der Waals surface area contributed by atoms with Crippen molar-refractivity contribution in [1.82, 2.24) is 4.90 Å². The van der Waals surface area contributed by atoms with Crippen molar-refractivity contribution >= 4 is 45.8 Å². The normalized spacial score (nSPS) is 23.9. The smallest absolute Gasteiger partial charge is 0.265 e. The third-order valence-corrected chi connectivity index (χ3v) is 4.91. The van der Waals surface area contributed by atoms with E-state index in [4.69, 9.17) is 23.8 Å². The predicted molar refractivity (Wildman–Crippen MR) is 81.5 cm³/mol. The van der Waals surface area contributed by atoms with Crippen molar-refractivity contribution in [1.29, 1.82) is 0 Å². The van der Waals surface area contributed by atoms with Crippen LogP contribution in [0.2, 0.25) is 0 Å². The van der Waals surface area contributed by atoms with Crippen LogP contribution in [0.3, 0.4) is 0 Å². The average Bonchev–Trinajstić information content (AvgIpc) is 2.60. The number of carbonyl (C=O) groups is 1. The van der Waals surface area contributed by atoms with Crippen molar-refractivity contribution in [2.75, 3.05) is 7.05 Å². The lowest BCUT2D eigenvalue weighted by Gasteiger charge is -2.12. The largest absolute Gasteiger partial charge is 0.296 e. The third kappa shape index (κ3) is 3.05. The predicted octanol–water partition coefficient (Wildman–Crippen LogP) is 3.98. The Kier molecular flexibility index (Phi) is 4.65. The second kappa shape index (κ2) is 6.04. The Morgan fingerprint density at radius 3 is 2.72 bits per heavy atom.